The van der Waals surface area contributed by atoms with Crippen LogP contribution in [0.15, 0.2) is 24.3 Å². The Morgan fingerprint density at radius 2 is 1.96 bits per heavy atom. The summed E-state index contributed by atoms with van der Waals surface area (Å²) < 4.78 is 18.1. The summed E-state index contributed by atoms with van der Waals surface area (Å²) in [5.74, 6) is -0.245. The third-order valence-corrected chi connectivity index (χ3v) is 5.15. The number of carbonyl (C=O) groups is 2. The Kier molecular flexibility index (Phi) is 6.21. The van der Waals surface area contributed by atoms with Gasteiger partial charge < -0.3 is 14.5 Å². The predicted molar refractivity (Wildman–Crippen MR) is 95.1 cm³/mol. The van der Waals surface area contributed by atoms with E-state index in [1.165, 1.54) is 12.1 Å². The van der Waals surface area contributed by atoms with E-state index in [1.807, 2.05) is 4.90 Å². The van der Waals surface area contributed by atoms with Crippen LogP contribution in [0.4, 0.5) is 4.39 Å². The molecule has 0 radical (unpaired) electrons. The number of hydrogen-bond acceptors (Lipinski definition) is 4. The topological polar surface area (TPSA) is 53.1 Å². The van der Waals surface area contributed by atoms with Gasteiger partial charge in [0.05, 0.1) is 13.0 Å². The number of piperazine rings is 1. The minimum Gasteiger partial charge on any atom is -0.383 e. The number of hydrogen-bond donors (Lipinski definition) is 0. The summed E-state index contributed by atoms with van der Waals surface area (Å²) in [5.41, 5.74) is 0.786. The van der Waals surface area contributed by atoms with Gasteiger partial charge in [-0.25, -0.2) is 4.39 Å². The van der Waals surface area contributed by atoms with E-state index in [2.05, 4.69) is 4.90 Å². The third-order valence-electron chi connectivity index (χ3n) is 5.15. The fourth-order valence-electron chi connectivity index (χ4n) is 3.65. The van der Waals surface area contributed by atoms with Gasteiger partial charge in [0.2, 0.25) is 11.8 Å². The summed E-state index contributed by atoms with van der Waals surface area (Å²) >= 11 is 0. The average molecular weight is 363 g/mol. The van der Waals surface area contributed by atoms with Gasteiger partial charge in [0.15, 0.2) is 0 Å². The molecular weight excluding hydrogens is 337 g/mol. The first-order chi connectivity index (χ1) is 12.6. The molecule has 1 aromatic carbocycles. The molecule has 2 fully saturated rings. The lowest BCUT2D eigenvalue weighted by Gasteiger charge is -2.40. The summed E-state index contributed by atoms with van der Waals surface area (Å²) in [6.07, 6.45) is 1.09. The van der Waals surface area contributed by atoms with Gasteiger partial charge >= 0.3 is 0 Å². The molecule has 1 atom stereocenters. The van der Waals surface area contributed by atoms with Crippen LogP contribution >= 0.6 is 0 Å². The molecule has 2 heterocycles. The molecule has 1 aromatic rings. The maximum Gasteiger partial charge on any atom is 0.241 e. The zero-order chi connectivity index (χ0) is 18.5. The highest BCUT2D eigenvalue weighted by molar-refractivity contribution is 5.85. The van der Waals surface area contributed by atoms with Gasteiger partial charge in [-0.1, -0.05) is 12.1 Å². The number of benzene rings is 1. The Labute approximate surface area is 153 Å². The second kappa shape index (κ2) is 8.60. The summed E-state index contributed by atoms with van der Waals surface area (Å²) in [5, 5.41) is 0. The number of methoxy groups -OCH3 is 1. The maximum absolute atomic E-state index is 13.0. The van der Waals surface area contributed by atoms with Crippen LogP contribution in [0.3, 0.4) is 0 Å². The smallest absolute Gasteiger partial charge is 0.241 e. The van der Waals surface area contributed by atoms with Gasteiger partial charge in [-0.15, -0.1) is 0 Å². The summed E-state index contributed by atoms with van der Waals surface area (Å²) in [4.78, 5) is 31.3. The van der Waals surface area contributed by atoms with Crippen molar-refractivity contribution in [3.8, 4) is 0 Å². The number of fused-ring (bicyclic) bond motifs is 1. The van der Waals surface area contributed by atoms with E-state index in [0.29, 0.717) is 32.8 Å². The lowest BCUT2D eigenvalue weighted by molar-refractivity contribution is -0.143. The minimum absolute atomic E-state index is 0.0136. The Balaban J connectivity index is 1.65. The van der Waals surface area contributed by atoms with Crippen molar-refractivity contribution in [2.24, 2.45) is 0 Å². The van der Waals surface area contributed by atoms with E-state index in [9.17, 15) is 14.0 Å². The fourth-order valence-corrected chi connectivity index (χ4v) is 3.65. The highest BCUT2D eigenvalue weighted by atomic mass is 19.1. The first kappa shape index (κ1) is 18.8. The SMILES string of the molecule is COCCN1CCN2CCCN(C(=O)Cc3ccc(F)cc3)CC2C1=O. The number of halogens is 1. The second-order valence-corrected chi connectivity index (χ2v) is 6.87. The van der Waals surface area contributed by atoms with E-state index in [4.69, 9.17) is 4.74 Å². The Morgan fingerprint density at radius 3 is 2.69 bits per heavy atom. The largest absolute Gasteiger partial charge is 0.383 e. The monoisotopic (exact) mass is 363 g/mol. The van der Waals surface area contributed by atoms with Crippen molar-refractivity contribution in [1.82, 2.24) is 14.7 Å². The molecule has 7 heteroatoms. The van der Waals surface area contributed by atoms with Crippen molar-refractivity contribution in [3.05, 3.63) is 35.6 Å². The molecule has 1 unspecified atom stereocenters. The Hall–Kier alpha value is -1.99. The first-order valence-electron chi connectivity index (χ1n) is 9.12. The molecule has 0 N–H and O–H groups in total. The van der Waals surface area contributed by atoms with Crippen LogP contribution < -0.4 is 0 Å². The first-order valence-corrected chi connectivity index (χ1v) is 9.12. The molecular formula is C19H26FN3O3. The zero-order valence-corrected chi connectivity index (χ0v) is 15.2. The molecule has 0 spiro atoms. The molecule has 2 aliphatic rings. The molecule has 0 aliphatic carbocycles. The van der Waals surface area contributed by atoms with Gasteiger partial charge in [0, 0.05) is 46.4 Å². The summed E-state index contributed by atoms with van der Waals surface area (Å²) in [6, 6.07) is 5.72. The van der Waals surface area contributed by atoms with Gasteiger partial charge in [-0.3, -0.25) is 14.5 Å². The van der Waals surface area contributed by atoms with Crippen molar-refractivity contribution in [2.75, 3.05) is 53.0 Å². The van der Waals surface area contributed by atoms with E-state index < -0.39 is 0 Å². The lowest BCUT2D eigenvalue weighted by atomic mass is 10.1. The fraction of sp³-hybridized carbons (Fsp3) is 0.579. The van der Waals surface area contributed by atoms with Crippen LogP contribution in [0.2, 0.25) is 0 Å². The quantitative estimate of drug-likeness (QED) is 0.775. The van der Waals surface area contributed by atoms with Crippen molar-refractivity contribution in [3.63, 3.8) is 0 Å². The van der Waals surface area contributed by atoms with Crippen molar-refractivity contribution in [1.29, 1.82) is 0 Å². The maximum atomic E-state index is 13.0. The minimum atomic E-state index is -0.310. The highest BCUT2D eigenvalue weighted by Crippen LogP contribution is 2.18. The molecule has 3 rings (SSSR count). The predicted octanol–water partition coefficient (Wildman–Crippen LogP) is 0.760. The molecule has 2 aliphatic heterocycles. The summed E-state index contributed by atoms with van der Waals surface area (Å²) in [6.45, 7) is 4.55. The molecule has 26 heavy (non-hydrogen) atoms. The van der Waals surface area contributed by atoms with Crippen LogP contribution in [0, 0.1) is 5.82 Å². The molecule has 2 saturated heterocycles. The third kappa shape index (κ3) is 4.40. The van der Waals surface area contributed by atoms with Crippen LogP contribution in [0.1, 0.15) is 12.0 Å². The normalized spacial score (nSPS) is 21.5. The molecule has 142 valence electrons. The number of rotatable bonds is 5. The van der Waals surface area contributed by atoms with Crippen molar-refractivity contribution >= 4 is 11.8 Å². The van der Waals surface area contributed by atoms with Crippen LogP contribution in [-0.2, 0) is 20.7 Å². The second-order valence-electron chi connectivity index (χ2n) is 6.87. The Bertz CT molecular complexity index is 637. The van der Waals surface area contributed by atoms with Crippen molar-refractivity contribution in [2.45, 2.75) is 18.9 Å². The van der Waals surface area contributed by atoms with E-state index in [-0.39, 0.29) is 30.1 Å². The summed E-state index contributed by atoms with van der Waals surface area (Å²) in [7, 11) is 1.63. The van der Waals surface area contributed by atoms with E-state index in [1.54, 1.807) is 24.1 Å². The van der Waals surface area contributed by atoms with Gasteiger partial charge in [-0.05, 0) is 24.1 Å². The standard InChI is InChI=1S/C19H26FN3O3/c1-26-12-11-22-10-9-21-7-2-8-23(14-17(21)19(22)25)18(24)13-15-3-5-16(20)6-4-15/h3-6,17H,2,7-14H2,1H3. The lowest BCUT2D eigenvalue weighted by Crippen LogP contribution is -2.60. The van der Waals surface area contributed by atoms with Gasteiger partial charge in [-0.2, -0.15) is 0 Å². The zero-order valence-electron chi connectivity index (χ0n) is 15.2. The van der Waals surface area contributed by atoms with E-state index >= 15 is 0 Å². The number of amides is 2. The molecule has 2 amide bonds. The Morgan fingerprint density at radius 1 is 1.19 bits per heavy atom. The van der Waals surface area contributed by atoms with Crippen LogP contribution in [0.5, 0.6) is 0 Å². The number of carbonyl (C=O) groups excluding carboxylic acids is 2. The van der Waals surface area contributed by atoms with E-state index in [0.717, 1.165) is 25.1 Å². The molecule has 6 nitrogen and oxygen atoms in total. The van der Waals surface area contributed by atoms with Crippen molar-refractivity contribution < 1.29 is 18.7 Å². The number of ether oxygens (including phenoxy) is 1. The van der Waals surface area contributed by atoms with Crippen LogP contribution in [-0.4, -0.2) is 85.5 Å². The van der Waals surface area contributed by atoms with Crippen LogP contribution in [0.25, 0.3) is 0 Å². The van der Waals surface area contributed by atoms with Gasteiger partial charge in [0.25, 0.3) is 0 Å². The van der Waals surface area contributed by atoms with Gasteiger partial charge in [0.1, 0.15) is 11.9 Å². The highest BCUT2D eigenvalue weighted by Gasteiger charge is 2.37. The number of nitrogens with zero attached hydrogens (tertiary/aromatic N) is 3. The molecule has 0 saturated carbocycles. The molecule has 0 aromatic heterocycles. The molecule has 0 bridgehead atoms. The average Bonchev–Trinajstić information content (AvgIpc) is 2.86.